The Morgan fingerprint density at radius 1 is 1.59 bits per heavy atom. The van der Waals surface area contributed by atoms with E-state index >= 15 is 0 Å². The van der Waals surface area contributed by atoms with Crippen molar-refractivity contribution in [2.45, 2.75) is 38.8 Å². The number of hydrogen-bond donors (Lipinski definition) is 2. The lowest BCUT2D eigenvalue weighted by Gasteiger charge is -2.38. The molecule has 1 rings (SSSR count). The molecule has 1 aliphatic rings. The third-order valence-corrected chi connectivity index (χ3v) is 3.22. The number of nitrogens with zero attached hydrogens (tertiary/aromatic N) is 1. The van der Waals surface area contributed by atoms with Crippen LogP contribution in [0.1, 0.15) is 27.2 Å². The molecule has 1 fully saturated rings. The summed E-state index contributed by atoms with van der Waals surface area (Å²) in [6.07, 6.45) is 0.673. The van der Waals surface area contributed by atoms with Gasteiger partial charge in [0.2, 0.25) is 0 Å². The molecule has 0 aliphatic carbocycles. The molecule has 0 amide bonds. The van der Waals surface area contributed by atoms with Gasteiger partial charge in [-0.3, -0.25) is 9.69 Å². The van der Waals surface area contributed by atoms with Crippen molar-refractivity contribution < 1.29 is 14.6 Å². The van der Waals surface area contributed by atoms with E-state index in [2.05, 4.69) is 5.32 Å². The highest BCUT2D eigenvalue weighted by atomic mass is 16.5. The van der Waals surface area contributed by atoms with E-state index in [0.29, 0.717) is 26.1 Å². The number of hydrogen-bond acceptors (Lipinski definition) is 5. The molecular weight excluding hydrogens is 220 g/mol. The van der Waals surface area contributed by atoms with Gasteiger partial charge in [-0.2, -0.15) is 0 Å². The maximum absolute atomic E-state index is 11.8. The molecule has 0 radical (unpaired) electrons. The number of carbonyl (C=O) groups is 1. The summed E-state index contributed by atoms with van der Waals surface area (Å²) in [5.41, 5.74) is -0.748. The zero-order valence-corrected chi connectivity index (χ0v) is 11.0. The maximum Gasteiger partial charge on any atom is 0.324 e. The van der Waals surface area contributed by atoms with Crippen LogP contribution in [0.4, 0.5) is 0 Å². The quantitative estimate of drug-likeness (QED) is 0.666. The van der Waals surface area contributed by atoms with Gasteiger partial charge in [0.05, 0.1) is 12.2 Å². The van der Waals surface area contributed by atoms with Crippen LogP contribution in [0.25, 0.3) is 0 Å². The second-order valence-electron chi connectivity index (χ2n) is 4.79. The third-order valence-electron chi connectivity index (χ3n) is 3.22. The van der Waals surface area contributed by atoms with Crippen LogP contribution >= 0.6 is 0 Å². The van der Waals surface area contributed by atoms with Crippen molar-refractivity contribution in [3.63, 3.8) is 0 Å². The molecule has 0 saturated carbocycles. The Bertz CT molecular complexity index is 256. The van der Waals surface area contributed by atoms with Crippen molar-refractivity contribution in [1.82, 2.24) is 10.2 Å². The van der Waals surface area contributed by atoms with Crippen molar-refractivity contribution in [2.24, 2.45) is 0 Å². The van der Waals surface area contributed by atoms with Gasteiger partial charge in [0.25, 0.3) is 0 Å². The van der Waals surface area contributed by atoms with E-state index in [1.807, 2.05) is 11.8 Å². The Hall–Kier alpha value is -0.650. The molecule has 1 saturated heterocycles. The first-order chi connectivity index (χ1) is 8.00. The number of aliphatic hydroxyl groups is 1. The molecule has 17 heavy (non-hydrogen) atoms. The highest BCUT2D eigenvalue weighted by Gasteiger charge is 2.33. The zero-order valence-electron chi connectivity index (χ0n) is 11.0. The second kappa shape index (κ2) is 6.33. The van der Waals surface area contributed by atoms with Gasteiger partial charge in [-0.25, -0.2) is 0 Å². The topological polar surface area (TPSA) is 61.8 Å². The lowest BCUT2D eigenvalue weighted by molar-refractivity contribution is -0.151. The van der Waals surface area contributed by atoms with Crippen LogP contribution in [0, 0.1) is 0 Å². The van der Waals surface area contributed by atoms with Gasteiger partial charge in [0, 0.05) is 26.2 Å². The molecule has 1 heterocycles. The number of β-amino-alcohol motifs (C(OH)–C–C–N with tert-alkyl or cyclic N) is 1. The summed E-state index contributed by atoms with van der Waals surface area (Å²) in [6, 6.07) is -0.276. The molecule has 2 N–H and O–H groups in total. The fraction of sp³-hybridized carbons (Fsp3) is 0.917. The molecule has 2 atom stereocenters. The van der Waals surface area contributed by atoms with Crippen LogP contribution < -0.4 is 5.32 Å². The molecule has 0 aromatic heterocycles. The Balaban J connectivity index is 2.62. The molecule has 5 heteroatoms. The Morgan fingerprint density at radius 3 is 2.88 bits per heavy atom. The summed E-state index contributed by atoms with van der Waals surface area (Å²) < 4.78 is 5.06. The molecule has 2 unspecified atom stereocenters. The van der Waals surface area contributed by atoms with Crippen LogP contribution in [0.2, 0.25) is 0 Å². The molecular formula is C12H24N2O3. The van der Waals surface area contributed by atoms with Crippen molar-refractivity contribution in [3.8, 4) is 0 Å². The van der Waals surface area contributed by atoms with Gasteiger partial charge in [-0.05, 0) is 20.3 Å². The number of ether oxygens (including phenoxy) is 1. The Kier molecular flexibility index (Phi) is 5.36. The molecule has 0 spiro atoms. The van der Waals surface area contributed by atoms with E-state index in [1.165, 1.54) is 0 Å². The summed E-state index contributed by atoms with van der Waals surface area (Å²) in [4.78, 5) is 13.8. The van der Waals surface area contributed by atoms with Gasteiger partial charge in [-0.1, -0.05) is 6.92 Å². The summed E-state index contributed by atoms with van der Waals surface area (Å²) in [6.45, 7) is 8.66. The Morgan fingerprint density at radius 2 is 2.29 bits per heavy atom. The van der Waals surface area contributed by atoms with Crippen molar-refractivity contribution in [1.29, 1.82) is 0 Å². The standard InChI is InChI=1S/C12H24N2O3/c1-4-12(3,16)9-14-7-6-13-8-10(14)11(15)17-5-2/h10,13,16H,4-9H2,1-3H3. The highest BCUT2D eigenvalue weighted by molar-refractivity contribution is 5.76. The van der Waals surface area contributed by atoms with Crippen molar-refractivity contribution in [3.05, 3.63) is 0 Å². The number of rotatable bonds is 5. The second-order valence-corrected chi connectivity index (χ2v) is 4.79. The predicted octanol–water partition coefficient (Wildman–Crippen LogP) is -0.0157. The average molecular weight is 244 g/mol. The smallest absolute Gasteiger partial charge is 0.324 e. The summed E-state index contributed by atoms with van der Waals surface area (Å²) in [5.74, 6) is -0.202. The van der Waals surface area contributed by atoms with Gasteiger partial charge in [0.1, 0.15) is 6.04 Å². The summed E-state index contributed by atoms with van der Waals surface area (Å²) in [7, 11) is 0. The molecule has 0 bridgehead atoms. The van der Waals surface area contributed by atoms with Gasteiger partial charge in [0.15, 0.2) is 0 Å². The van der Waals surface area contributed by atoms with E-state index in [1.54, 1.807) is 13.8 Å². The number of esters is 1. The van der Waals surface area contributed by atoms with Crippen molar-refractivity contribution in [2.75, 3.05) is 32.8 Å². The summed E-state index contributed by atoms with van der Waals surface area (Å²) >= 11 is 0. The van der Waals surface area contributed by atoms with Crippen LogP contribution in [-0.4, -0.2) is 60.4 Å². The fourth-order valence-corrected chi connectivity index (χ4v) is 1.96. The van der Waals surface area contributed by atoms with E-state index in [4.69, 9.17) is 4.74 Å². The number of piperazine rings is 1. The number of carbonyl (C=O) groups excluding carboxylic acids is 1. The van der Waals surface area contributed by atoms with Gasteiger partial charge < -0.3 is 15.2 Å². The fourth-order valence-electron chi connectivity index (χ4n) is 1.96. The van der Waals surface area contributed by atoms with Crippen LogP contribution in [0.5, 0.6) is 0 Å². The first kappa shape index (κ1) is 14.4. The van der Waals surface area contributed by atoms with E-state index in [9.17, 15) is 9.90 Å². The average Bonchev–Trinajstić information content (AvgIpc) is 2.29. The third kappa shape index (κ3) is 4.26. The molecule has 0 aromatic rings. The van der Waals surface area contributed by atoms with Gasteiger partial charge in [-0.15, -0.1) is 0 Å². The van der Waals surface area contributed by atoms with Crippen molar-refractivity contribution >= 4 is 5.97 Å². The highest BCUT2D eigenvalue weighted by Crippen LogP contribution is 2.15. The molecule has 1 aliphatic heterocycles. The van der Waals surface area contributed by atoms with Crippen LogP contribution in [0.15, 0.2) is 0 Å². The number of nitrogens with one attached hydrogen (secondary N) is 1. The van der Waals surface area contributed by atoms with Crippen LogP contribution in [0.3, 0.4) is 0 Å². The first-order valence-corrected chi connectivity index (χ1v) is 6.34. The van der Waals surface area contributed by atoms with E-state index < -0.39 is 5.60 Å². The molecule has 100 valence electrons. The lowest BCUT2D eigenvalue weighted by atomic mass is 10.0. The molecule has 0 aromatic carbocycles. The van der Waals surface area contributed by atoms with E-state index in [-0.39, 0.29) is 12.0 Å². The lowest BCUT2D eigenvalue weighted by Crippen LogP contribution is -2.58. The predicted molar refractivity (Wildman–Crippen MR) is 65.8 cm³/mol. The first-order valence-electron chi connectivity index (χ1n) is 6.34. The minimum absolute atomic E-state index is 0.202. The minimum atomic E-state index is -0.748. The van der Waals surface area contributed by atoms with Gasteiger partial charge >= 0.3 is 5.97 Å². The SMILES string of the molecule is CCOC(=O)C1CNCCN1CC(C)(O)CC. The Labute approximate surface area is 103 Å². The maximum atomic E-state index is 11.8. The zero-order chi connectivity index (χ0) is 12.9. The molecule has 5 nitrogen and oxygen atoms in total. The normalized spacial score (nSPS) is 25.3. The van der Waals surface area contributed by atoms with E-state index in [0.717, 1.165) is 13.1 Å². The minimum Gasteiger partial charge on any atom is -0.465 e. The van der Waals surface area contributed by atoms with Crippen LogP contribution in [-0.2, 0) is 9.53 Å². The summed E-state index contributed by atoms with van der Waals surface area (Å²) in [5, 5.41) is 13.3. The largest absolute Gasteiger partial charge is 0.465 e. The monoisotopic (exact) mass is 244 g/mol.